The highest BCUT2D eigenvalue weighted by Crippen LogP contribution is 2.18. The van der Waals surface area contributed by atoms with Gasteiger partial charge in [0.2, 0.25) is 0 Å². The Hall–Kier alpha value is -3.20. The van der Waals surface area contributed by atoms with Gasteiger partial charge in [-0.3, -0.25) is 0 Å². The molecule has 2 aromatic rings. The minimum Gasteiger partial charge on any atom is -0.508 e. The van der Waals surface area contributed by atoms with E-state index < -0.39 is 0 Å². The minimum absolute atomic E-state index is 0.253. The van der Waals surface area contributed by atoms with Crippen LogP contribution in [0, 0.1) is 0 Å². The molecule has 2 aromatic carbocycles. The van der Waals surface area contributed by atoms with Crippen LogP contribution in [0.4, 0.5) is 5.69 Å². The Balaban J connectivity index is 0. The van der Waals surface area contributed by atoms with Crippen LogP contribution in [0.2, 0.25) is 0 Å². The lowest BCUT2D eigenvalue weighted by Crippen LogP contribution is -2.27. The number of nitrogens with zero attached hydrogens (tertiary/aromatic N) is 1. The maximum absolute atomic E-state index is 9.25. The normalized spacial score (nSPS) is 9.55. The molecular formula is C30H45NO2. The lowest BCUT2D eigenvalue weighted by atomic mass is 10.2. The molecule has 0 amide bonds. The van der Waals surface area contributed by atoms with Crippen LogP contribution in [0.5, 0.6) is 11.5 Å². The second kappa shape index (κ2) is 22.0. The van der Waals surface area contributed by atoms with E-state index in [-0.39, 0.29) is 5.75 Å². The fourth-order valence-electron chi connectivity index (χ4n) is 2.56. The first-order valence-electron chi connectivity index (χ1n) is 11.7. The fraction of sp³-hybridized carbons (Fsp3) is 0.333. The van der Waals surface area contributed by atoms with Crippen LogP contribution in [-0.2, 0) is 0 Å². The predicted molar refractivity (Wildman–Crippen MR) is 149 cm³/mol. The molecule has 182 valence electrons. The van der Waals surface area contributed by atoms with Gasteiger partial charge >= 0.3 is 0 Å². The Morgan fingerprint density at radius 3 is 1.94 bits per heavy atom. The van der Waals surface area contributed by atoms with Gasteiger partial charge < -0.3 is 14.7 Å². The van der Waals surface area contributed by atoms with Crippen LogP contribution in [0.1, 0.15) is 54.0 Å². The lowest BCUT2D eigenvalue weighted by molar-refractivity contribution is 0.323. The highest BCUT2D eigenvalue weighted by molar-refractivity contribution is 5.55. The van der Waals surface area contributed by atoms with Gasteiger partial charge in [0, 0.05) is 12.2 Å². The molecule has 1 N–H and O–H groups in total. The van der Waals surface area contributed by atoms with E-state index in [4.69, 9.17) is 4.74 Å². The second-order valence-corrected chi connectivity index (χ2v) is 6.78. The molecule has 2 rings (SSSR count). The predicted octanol–water partition coefficient (Wildman–Crippen LogP) is 8.69. The van der Waals surface area contributed by atoms with Crippen molar-refractivity contribution in [1.82, 2.24) is 0 Å². The Morgan fingerprint density at radius 2 is 1.52 bits per heavy atom. The Kier molecular flexibility index (Phi) is 21.3. The van der Waals surface area contributed by atoms with Crippen molar-refractivity contribution in [2.45, 2.75) is 48.5 Å². The zero-order valence-corrected chi connectivity index (χ0v) is 21.8. The average Bonchev–Trinajstić information content (AvgIpc) is 2.85. The standard InChI is InChI=1S/C19H23NO2.C7H12.C2H6.C2H4/c1-3-5-16-6-8-17(9-7-16)20(4-2)14-15-22-19-12-10-18(21)11-13-19;1-4-5-6-7(2)3;2*1-2/h3,5-13,21H,4,14-15H2,1-2H3;4-6H,1-3H3;1-2H3;1-2H2/b5-3+;5-4-;;. The maximum Gasteiger partial charge on any atom is 0.119 e. The van der Waals surface area contributed by atoms with Crippen LogP contribution < -0.4 is 9.64 Å². The molecule has 0 aliphatic heterocycles. The first-order valence-corrected chi connectivity index (χ1v) is 11.7. The molecule has 0 heterocycles. The van der Waals surface area contributed by atoms with Crippen LogP contribution in [0.3, 0.4) is 0 Å². The Morgan fingerprint density at radius 1 is 0.939 bits per heavy atom. The largest absolute Gasteiger partial charge is 0.508 e. The summed E-state index contributed by atoms with van der Waals surface area (Å²) in [4.78, 5) is 2.28. The number of aromatic hydroxyl groups is 1. The third kappa shape index (κ3) is 16.1. The van der Waals surface area contributed by atoms with Gasteiger partial charge in [-0.1, -0.05) is 61.9 Å². The molecule has 0 atom stereocenters. The molecule has 0 aromatic heterocycles. The number of hydrogen-bond acceptors (Lipinski definition) is 3. The molecule has 3 heteroatoms. The molecule has 3 nitrogen and oxygen atoms in total. The zero-order chi connectivity index (χ0) is 25.5. The summed E-state index contributed by atoms with van der Waals surface area (Å²) in [7, 11) is 0. The Bertz CT molecular complexity index is 783. The molecular weight excluding hydrogens is 406 g/mol. The van der Waals surface area contributed by atoms with E-state index in [2.05, 4.69) is 75.2 Å². The third-order valence-corrected chi connectivity index (χ3v) is 4.09. The number of ether oxygens (including phenoxy) is 1. The summed E-state index contributed by atoms with van der Waals surface area (Å²) >= 11 is 0. The van der Waals surface area contributed by atoms with Crippen LogP contribution in [0.15, 0.2) is 91.6 Å². The summed E-state index contributed by atoms with van der Waals surface area (Å²) < 4.78 is 5.71. The summed E-state index contributed by atoms with van der Waals surface area (Å²) in [6.45, 7) is 22.7. The van der Waals surface area contributed by atoms with Crippen molar-refractivity contribution in [2.75, 3.05) is 24.6 Å². The van der Waals surface area contributed by atoms with Gasteiger partial charge in [0.1, 0.15) is 18.1 Å². The van der Waals surface area contributed by atoms with Gasteiger partial charge in [-0.2, -0.15) is 0 Å². The van der Waals surface area contributed by atoms with Crippen molar-refractivity contribution in [3.63, 3.8) is 0 Å². The van der Waals surface area contributed by atoms with Gasteiger partial charge in [0.25, 0.3) is 0 Å². The smallest absolute Gasteiger partial charge is 0.119 e. The number of allylic oxidation sites excluding steroid dienone is 5. The van der Waals surface area contributed by atoms with Gasteiger partial charge in [-0.25, -0.2) is 0 Å². The average molecular weight is 452 g/mol. The van der Waals surface area contributed by atoms with Crippen molar-refractivity contribution >= 4 is 11.8 Å². The number of hydrogen-bond donors (Lipinski definition) is 1. The van der Waals surface area contributed by atoms with Crippen molar-refractivity contribution in [1.29, 1.82) is 0 Å². The van der Waals surface area contributed by atoms with Gasteiger partial charge in [0.05, 0.1) is 6.54 Å². The molecule has 0 fully saturated rings. The molecule has 0 radical (unpaired) electrons. The van der Waals surface area contributed by atoms with Crippen molar-refractivity contribution in [3.8, 4) is 11.5 Å². The molecule has 33 heavy (non-hydrogen) atoms. The monoisotopic (exact) mass is 451 g/mol. The third-order valence-electron chi connectivity index (χ3n) is 4.09. The number of anilines is 1. The van der Waals surface area contributed by atoms with E-state index in [0.29, 0.717) is 6.61 Å². The van der Waals surface area contributed by atoms with Crippen molar-refractivity contribution in [3.05, 3.63) is 97.1 Å². The molecule has 0 unspecified atom stereocenters. The van der Waals surface area contributed by atoms with Crippen molar-refractivity contribution in [2.24, 2.45) is 0 Å². The SMILES string of the molecule is C/C=C/c1ccc(N(CC)CCOc2ccc(O)cc2)cc1.C/C=C\C=C(C)C.C=C.CC. The zero-order valence-electron chi connectivity index (χ0n) is 21.8. The van der Waals surface area contributed by atoms with Gasteiger partial charge in [0.15, 0.2) is 0 Å². The number of phenols is 1. The molecule has 0 aliphatic rings. The lowest BCUT2D eigenvalue weighted by Gasteiger charge is -2.23. The number of rotatable bonds is 8. The number of benzene rings is 2. The molecule has 0 saturated carbocycles. The summed E-state index contributed by atoms with van der Waals surface area (Å²) in [6.07, 6.45) is 10.3. The summed E-state index contributed by atoms with van der Waals surface area (Å²) in [5.41, 5.74) is 3.76. The van der Waals surface area contributed by atoms with E-state index >= 15 is 0 Å². The van der Waals surface area contributed by atoms with E-state index in [1.165, 1.54) is 16.8 Å². The summed E-state index contributed by atoms with van der Waals surface area (Å²) in [5, 5.41) is 9.25. The quantitative estimate of drug-likeness (QED) is 0.322. The number of likely N-dealkylation sites (N-methyl/N-ethyl adjacent to an activating group) is 1. The van der Waals surface area contributed by atoms with E-state index in [0.717, 1.165) is 18.8 Å². The van der Waals surface area contributed by atoms with Gasteiger partial charge in [-0.15, -0.1) is 13.2 Å². The number of phenolic OH excluding ortho intramolecular Hbond substituents is 1. The first-order chi connectivity index (χ1) is 16.0. The molecule has 0 spiro atoms. The second-order valence-electron chi connectivity index (χ2n) is 6.78. The topological polar surface area (TPSA) is 32.7 Å². The summed E-state index contributed by atoms with van der Waals surface area (Å²) in [5.74, 6) is 1.03. The van der Waals surface area contributed by atoms with E-state index in [9.17, 15) is 5.11 Å². The van der Waals surface area contributed by atoms with Crippen molar-refractivity contribution < 1.29 is 9.84 Å². The fourth-order valence-corrected chi connectivity index (χ4v) is 2.56. The molecule has 0 bridgehead atoms. The minimum atomic E-state index is 0.253. The van der Waals surface area contributed by atoms with Gasteiger partial charge in [-0.05, 0) is 76.6 Å². The Labute approximate surface area is 203 Å². The first kappa shape index (κ1) is 32.0. The maximum atomic E-state index is 9.25. The van der Waals surface area contributed by atoms with E-state index in [1.54, 1.807) is 24.3 Å². The van der Waals surface area contributed by atoms with E-state index in [1.807, 2.05) is 45.9 Å². The van der Waals surface area contributed by atoms with Crippen LogP contribution in [-0.4, -0.2) is 24.8 Å². The highest BCUT2D eigenvalue weighted by Gasteiger charge is 2.04. The summed E-state index contributed by atoms with van der Waals surface area (Å²) in [6, 6.07) is 15.3. The molecule has 0 aliphatic carbocycles. The molecule has 0 saturated heterocycles. The highest BCUT2D eigenvalue weighted by atomic mass is 16.5. The van der Waals surface area contributed by atoms with Crippen LogP contribution in [0.25, 0.3) is 6.08 Å². The van der Waals surface area contributed by atoms with Crippen LogP contribution >= 0.6 is 0 Å².